The van der Waals surface area contributed by atoms with Gasteiger partial charge in [0.2, 0.25) is 11.8 Å². The Morgan fingerprint density at radius 3 is 2.58 bits per heavy atom. The first kappa shape index (κ1) is 44.8. The Bertz CT molecular complexity index is 1680. The lowest BCUT2D eigenvalue weighted by Crippen LogP contribution is -2.63. The predicted octanol–water partition coefficient (Wildman–Crippen LogP) is 6.08. The number of epoxide rings is 1. The molecule has 1 aromatic carbocycles. The summed E-state index contributed by atoms with van der Waals surface area (Å²) in [7, 11) is 9.39. The zero-order chi connectivity index (χ0) is 41.0. The predicted molar refractivity (Wildman–Crippen MR) is 215 cm³/mol. The summed E-state index contributed by atoms with van der Waals surface area (Å²) >= 11 is 6.78. The Kier molecular flexibility index (Phi) is 14.7. The van der Waals surface area contributed by atoms with Gasteiger partial charge in [0, 0.05) is 44.7 Å². The number of fused-ring (bicyclic) bond motifs is 5. The Morgan fingerprint density at radius 1 is 1.25 bits per heavy atom. The van der Waals surface area contributed by atoms with Crippen LogP contribution < -0.4 is 15.0 Å². The second-order valence-electron chi connectivity index (χ2n) is 15.4. The van der Waals surface area contributed by atoms with Crippen molar-refractivity contribution in [3.05, 3.63) is 46.5 Å². The molecule has 3 aliphatic heterocycles. The number of rotatable bonds is 10. The highest BCUT2D eigenvalue weighted by molar-refractivity contribution is 8.76. The van der Waals surface area contributed by atoms with Crippen molar-refractivity contribution in [1.29, 1.82) is 0 Å². The van der Waals surface area contributed by atoms with E-state index in [2.05, 4.69) is 19.2 Å². The van der Waals surface area contributed by atoms with E-state index < -0.39 is 65.7 Å². The van der Waals surface area contributed by atoms with E-state index in [1.54, 1.807) is 73.8 Å². The van der Waals surface area contributed by atoms with E-state index in [1.807, 2.05) is 26.2 Å². The van der Waals surface area contributed by atoms with Gasteiger partial charge in [0.15, 0.2) is 5.72 Å². The number of ether oxygens (including phenoxy) is 5. The first-order chi connectivity index (χ1) is 25.7. The van der Waals surface area contributed by atoms with E-state index >= 15 is 0 Å². The molecule has 0 saturated carbocycles. The summed E-state index contributed by atoms with van der Waals surface area (Å²) in [5, 5.41) is 14.5. The topological polar surface area (TPSA) is 156 Å². The molecule has 3 amide bonds. The zero-order valence-corrected chi connectivity index (χ0v) is 36.0. The molecule has 0 spiro atoms. The van der Waals surface area contributed by atoms with E-state index in [4.69, 9.17) is 35.3 Å². The smallest absolute Gasteiger partial charge is 0.409 e. The van der Waals surface area contributed by atoms with Gasteiger partial charge in [-0.1, -0.05) is 63.9 Å². The molecule has 2 N–H and O–H groups in total. The van der Waals surface area contributed by atoms with Crippen molar-refractivity contribution in [3.63, 3.8) is 0 Å². The van der Waals surface area contributed by atoms with E-state index in [-0.39, 0.29) is 34.9 Å². The number of halogens is 1. The number of aliphatic hydroxyl groups is 1. The van der Waals surface area contributed by atoms with Gasteiger partial charge in [-0.25, -0.2) is 9.59 Å². The summed E-state index contributed by atoms with van der Waals surface area (Å²) in [5.41, 5.74) is -0.900. The van der Waals surface area contributed by atoms with Crippen molar-refractivity contribution in [1.82, 2.24) is 10.2 Å². The zero-order valence-electron chi connectivity index (χ0n) is 33.6. The number of allylic oxidation sites excluding steroid dienone is 3. The fourth-order valence-electron chi connectivity index (χ4n) is 7.07. The number of nitrogens with one attached hydrogen (secondary N) is 1. The molecule has 4 bridgehead atoms. The molecule has 16 heteroatoms. The number of nitrogens with zero attached hydrogens (tertiary/aromatic N) is 2. The third-order valence-electron chi connectivity index (χ3n) is 10.8. The summed E-state index contributed by atoms with van der Waals surface area (Å²) in [6.07, 6.45) is 3.81. The fraction of sp³-hybridized carbons (Fsp3) is 0.641. The van der Waals surface area contributed by atoms with Gasteiger partial charge in [-0.15, -0.1) is 0 Å². The standard InChI is InChI=1S/C39H56ClN3O10S2/c1-22-13-12-14-29(50-10)39(48)21-28(51-36(47)41-39)23(2)34-38(6,53-34)30(20-32(45)43(8)26-18-25(17-22)19-27(49-9)33(26)40)52-35(46)24(3)42(7)31(44)15-16-37(4,5)55-54-11/h12-14,18-19,23-24,28-30,34,48H,15-17,20-21H2,1-11H3,(H,41,47)/t23?,24-,28-,29+,30-,34-,38-,39-/m0/s1. The van der Waals surface area contributed by atoms with E-state index in [9.17, 15) is 24.3 Å². The van der Waals surface area contributed by atoms with Crippen LogP contribution in [0.2, 0.25) is 5.02 Å². The van der Waals surface area contributed by atoms with Gasteiger partial charge in [0.1, 0.15) is 40.7 Å². The molecule has 2 saturated heterocycles. The fourth-order valence-corrected chi connectivity index (χ4v) is 9.62. The Balaban J connectivity index is 1.71. The molecule has 0 aromatic heterocycles. The average molecular weight is 826 g/mol. The maximum atomic E-state index is 14.2. The quantitative estimate of drug-likeness (QED) is 0.160. The van der Waals surface area contributed by atoms with Crippen LogP contribution in [-0.2, 0) is 39.8 Å². The lowest BCUT2D eigenvalue weighted by Gasteiger charge is -2.42. The van der Waals surface area contributed by atoms with Gasteiger partial charge < -0.3 is 38.6 Å². The van der Waals surface area contributed by atoms with Crippen LogP contribution in [0, 0.1) is 5.92 Å². The first-order valence-electron chi connectivity index (χ1n) is 18.3. The third-order valence-corrected chi connectivity index (χ3v) is 13.8. The number of esters is 1. The molecular formula is C39H56ClN3O10S2. The minimum Gasteiger partial charge on any atom is -0.495 e. The van der Waals surface area contributed by atoms with Crippen molar-refractivity contribution >= 4 is 62.8 Å². The maximum absolute atomic E-state index is 14.2. The second-order valence-corrected chi connectivity index (χ2v) is 18.9. The molecule has 0 aliphatic carbocycles. The molecule has 306 valence electrons. The molecule has 3 heterocycles. The van der Waals surface area contributed by atoms with Crippen LogP contribution in [0.1, 0.15) is 72.8 Å². The van der Waals surface area contributed by atoms with Crippen LogP contribution in [0.5, 0.6) is 5.75 Å². The van der Waals surface area contributed by atoms with Crippen molar-refractivity contribution in [2.75, 3.05) is 39.5 Å². The number of anilines is 1. The van der Waals surface area contributed by atoms with Gasteiger partial charge >= 0.3 is 12.1 Å². The summed E-state index contributed by atoms with van der Waals surface area (Å²) in [6.45, 7) is 11.2. The van der Waals surface area contributed by atoms with Crippen LogP contribution in [0.3, 0.4) is 0 Å². The largest absolute Gasteiger partial charge is 0.495 e. The number of methoxy groups -OCH3 is 2. The summed E-state index contributed by atoms with van der Waals surface area (Å²) < 4.78 is 29.2. The molecule has 55 heavy (non-hydrogen) atoms. The van der Waals surface area contributed by atoms with E-state index in [0.29, 0.717) is 24.3 Å². The van der Waals surface area contributed by atoms with Crippen molar-refractivity contribution in [3.8, 4) is 5.75 Å². The number of amides is 3. The molecule has 1 unspecified atom stereocenters. The van der Waals surface area contributed by atoms with Crippen LogP contribution >= 0.6 is 33.2 Å². The minimum atomic E-state index is -1.83. The minimum absolute atomic E-state index is 0.0478. The van der Waals surface area contributed by atoms with Gasteiger partial charge in [0.25, 0.3) is 0 Å². The molecule has 2 fully saturated rings. The molecule has 4 rings (SSSR count). The number of benzene rings is 1. The van der Waals surface area contributed by atoms with Gasteiger partial charge in [0.05, 0.1) is 25.3 Å². The average Bonchev–Trinajstić information content (AvgIpc) is 3.82. The van der Waals surface area contributed by atoms with Crippen molar-refractivity contribution in [2.24, 2.45) is 5.92 Å². The molecule has 3 aliphatic rings. The van der Waals surface area contributed by atoms with Crippen molar-refractivity contribution < 1.29 is 48.0 Å². The SMILES string of the molecule is COc1cc2cc(c1Cl)N(C)C(=O)C[C@H](OC(=O)[C@H](C)N(C)C(=O)CCC(C)(C)SSC)[C@]1(C)O[C@H]1C(C)[C@@H]1C[C@@](O)(NC(=O)O1)[C@H](OC)C=CC=C(C)C2. The molecule has 13 nitrogen and oxygen atoms in total. The summed E-state index contributed by atoms with van der Waals surface area (Å²) in [6, 6.07) is 2.62. The summed E-state index contributed by atoms with van der Waals surface area (Å²) in [4.78, 5) is 56.9. The monoisotopic (exact) mass is 825 g/mol. The van der Waals surface area contributed by atoms with Crippen molar-refractivity contribution in [2.45, 2.75) is 120 Å². The maximum Gasteiger partial charge on any atom is 0.409 e. The number of likely N-dealkylation sites (N-methyl/N-ethyl adjacent to an activating group) is 1. The van der Waals surface area contributed by atoms with Crippen LogP contribution in [0.15, 0.2) is 35.9 Å². The lowest BCUT2D eigenvalue weighted by atomic mass is 9.83. The molecular weight excluding hydrogens is 770 g/mol. The first-order valence-corrected chi connectivity index (χ1v) is 21.2. The van der Waals surface area contributed by atoms with E-state index in [1.165, 1.54) is 24.0 Å². The highest BCUT2D eigenvalue weighted by Gasteiger charge is 2.64. The normalized spacial score (nSPS) is 29.3. The Morgan fingerprint density at radius 2 is 1.95 bits per heavy atom. The highest BCUT2D eigenvalue weighted by atomic mass is 35.5. The lowest BCUT2D eigenvalue weighted by molar-refractivity contribution is -0.162. The molecule has 0 radical (unpaired) electrons. The molecule has 8 atom stereocenters. The summed E-state index contributed by atoms with van der Waals surface area (Å²) in [5.74, 6) is -1.50. The van der Waals surface area contributed by atoms with Gasteiger partial charge in [-0.3, -0.25) is 14.9 Å². The van der Waals surface area contributed by atoms with Crippen LogP contribution in [0.25, 0.3) is 0 Å². The molecule has 1 aromatic rings. The van der Waals surface area contributed by atoms with Gasteiger partial charge in [-0.05, 0) is 71.4 Å². The Hall–Kier alpha value is -2.95. The number of alkyl carbamates (subject to hydrolysis) is 1. The van der Waals surface area contributed by atoms with Crippen LogP contribution in [0.4, 0.5) is 10.5 Å². The number of hydrogen-bond acceptors (Lipinski definition) is 12. The number of carbonyl (C=O) groups is 4. The van der Waals surface area contributed by atoms with Crippen LogP contribution in [-0.4, -0.2) is 115 Å². The van der Waals surface area contributed by atoms with Gasteiger partial charge in [-0.2, -0.15) is 0 Å². The third kappa shape index (κ3) is 10.5. The number of hydrogen-bond donors (Lipinski definition) is 2. The highest BCUT2D eigenvalue weighted by Crippen LogP contribution is 2.49. The number of carbonyl (C=O) groups excluding carboxylic acids is 4. The second kappa shape index (κ2) is 18.1. The van der Waals surface area contributed by atoms with E-state index in [0.717, 1.165) is 11.1 Å². The Labute approximate surface area is 337 Å².